The summed E-state index contributed by atoms with van der Waals surface area (Å²) < 4.78 is 37.3. The predicted octanol–water partition coefficient (Wildman–Crippen LogP) is 2.27. The standard InChI is InChI=1S/C12H14N2O4S2/c1-8-7-19-12(13-8)14-20(15,16)11-6-9(17-2)4-5-10(11)18-3/h4-7H,1-3H3,(H,13,14). The zero-order chi connectivity index (χ0) is 14.8. The molecule has 108 valence electrons. The van der Waals surface area contributed by atoms with Crippen LogP contribution in [0.15, 0.2) is 28.5 Å². The zero-order valence-corrected chi connectivity index (χ0v) is 12.8. The number of nitrogens with one attached hydrogen (secondary N) is 1. The van der Waals surface area contributed by atoms with Crippen molar-refractivity contribution in [2.45, 2.75) is 11.8 Å². The van der Waals surface area contributed by atoms with Crippen LogP contribution in [0.5, 0.6) is 11.5 Å². The molecule has 2 aromatic rings. The Labute approximate surface area is 121 Å². The third-order valence-electron chi connectivity index (χ3n) is 2.50. The van der Waals surface area contributed by atoms with Crippen LogP contribution in [-0.2, 0) is 10.0 Å². The van der Waals surface area contributed by atoms with E-state index >= 15 is 0 Å². The maximum atomic E-state index is 12.4. The molecular weight excluding hydrogens is 300 g/mol. The third-order valence-corrected chi connectivity index (χ3v) is 4.87. The second-order valence-electron chi connectivity index (χ2n) is 3.92. The van der Waals surface area contributed by atoms with Crippen molar-refractivity contribution in [3.8, 4) is 11.5 Å². The van der Waals surface area contributed by atoms with Crippen LogP contribution in [0.4, 0.5) is 5.13 Å². The lowest BCUT2D eigenvalue weighted by atomic mass is 10.3. The SMILES string of the molecule is COc1ccc(OC)c(S(=O)(=O)Nc2nc(C)cs2)c1. The van der Waals surface area contributed by atoms with Crippen molar-refractivity contribution < 1.29 is 17.9 Å². The maximum Gasteiger partial charge on any atom is 0.267 e. The molecule has 0 amide bonds. The van der Waals surface area contributed by atoms with Crippen molar-refractivity contribution >= 4 is 26.5 Å². The zero-order valence-electron chi connectivity index (χ0n) is 11.2. The van der Waals surface area contributed by atoms with Crippen molar-refractivity contribution in [1.29, 1.82) is 0 Å². The number of methoxy groups -OCH3 is 2. The molecular formula is C12H14N2O4S2. The second kappa shape index (κ2) is 5.68. The highest BCUT2D eigenvalue weighted by Crippen LogP contribution is 2.30. The topological polar surface area (TPSA) is 77.5 Å². The van der Waals surface area contributed by atoms with Crippen molar-refractivity contribution in [3.63, 3.8) is 0 Å². The number of aryl methyl sites for hydroxylation is 1. The quantitative estimate of drug-likeness (QED) is 0.916. The number of sulfonamides is 1. The van der Waals surface area contributed by atoms with Crippen LogP contribution in [-0.4, -0.2) is 27.6 Å². The largest absolute Gasteiger partial charge is 0.497 e. The van der Waals surface area contributed by atoms with Crippen LogP contribution in [0.2, 0.25) is 0 Å². The molecule has 6 nitrogen and oxygen atoms in total. The molecule has 0 aliphatic rings. The summed E-state index contributed by atoms with van der Waals surface area (Å²) in [5, 5.41) is 2.08. The van der Waals surface area contributed by atoms with Gasteiger partial charge in [-0.2, -0.15) is 0 Å². The number of nitrogens with zero attached hydrogens (tertiary/aromatic N) is 1. The number of hydrogen-bond acceptors (Lipinski definition) is 6. The molecule has 0 aliphatic heterocycles. The van der Waals surface area contributed by atoms with Gasteiger partial charge in [0, 0.05) is 11.4 Å². The number of hydrogen-bond donors (Lipinski definition) is 1. The lowest BCUT2D eigenvalue weighted by Crippen LogP contribution is -2.14. The fraction of sp³-hybridized carbons (Fsp3) is 0.250. The molecule has 0 radical (unpaired) electrons. The summed E-state index contributed by atoms with van der Waals surface area (Å²) in [6, 6.07) is 4.58. The molecule has 1 aromatic carbocycles. The summed E-state index contributed by atoms with van der Waals surface area (Å²) in [4.78, 5) is 4.08. The highest BCUT2D eigenvalue weighted by molar-refractivity contribution is 7.93. The molecule has 0 spiro atoms. The van der Waals surface area contributed by atoms with Crippen LogP contribution in [0.1, 0.15) is 5.69 Å². The Balaban J connectivity index is 2.42. The highest BCUT2D eigenvalue weighted by atomic mass is 32.2. The lowest BCUT2D eigenvalue weighted by Gasteiger charge is -2.11. The minimum atomic E-state index is -3.78. The van der Waals surface area contributed by atoms with Crippen LogP contribution in [0.25, 0.3) is 0 Å². The number of aromatic nitrogens is 1. The van der Waals surface area contributed by atoms with E-state index in [0.29, 0.717) is 10.9 Å². The number of ether oxygens (including phenoxy) is 2. The average Bonchev–Trinajstić information content (AvgIpc) is 2.82. The minimum absolute atomic E-state index is 0.00667. The van der Waals surface area contributed by atoms with Crippen molar-refractivity contribution in [2.75, 3.05) is 18.9 Å². The molecule has 2 rings (SSSR count). The molecule has 0 saturated carbocycles. The summed E-state index contributed by atoms with van der Waals surface area (Å²) in [7, 11) is -0.903. The summed E-state index contributed by atoms with van der Waals surface area (Å²) in [6.07, 6.45) is 0. The molecule has 20 heavy (non-hydrogen) atoms. The highest BCUT2D eigenvalue weighted by Gasteiger charge is 2.21. The molecule has 1 aromatic heterocycles. The fourth-order valence-corrected chi connectivity index (χ4v) is 3.69. The summed E-state index contributed by atoms with van der Waals surface area (Å²) in [5.74, 6) is 0.674. The third kappa shape index (κ3) is 3.02. The Hall–Kier alpha value is -1.80. The van der Waals surface area contributed by atoms with E-state index in [1.165, 1.54) is 31.6 Å². The van der Waals surface area contributed by atoms with E-state index < -0.39 is 10.0 Å². The first-order chi connectivity index (χ1) is 9.46. The van der Waals surface area contributed by atoms with Gasteiger partial charge in [0.25, 0.3) is 10.0 Å². The Kier molecular flexibility index (Phi) is 4.15. The molecule has 0 bridgehead atoms. The smallest absolute Gasteiger partial charge is 0.267 e. The predicted molar refractivity (Wildman–Crippen MR) is 77.2 cm³/mol. The molecule has 0 unspecified atom stereocenters. The van der Waals surface area contributed by atoms with E-state index in [9.17, 15) is 8.42 Å². The van der Waals surface area contributed by atoms with E-state index in [4.69, 9.17) is 9.47 Å². The molecule has 0 aliphatic carbocycles. The number of benzene rings is 1. The van der Waals surface area contributed by atoms with Gasteiger partial charge in [-0.3, -0.25) is 4.72 Å². The summed E-state index contributed by atoms with van der Waals surface area (Å²) in [6.45, 7) is 1.79. The van der Waals surface area contributed by atoms with Crippen LogP contribution >= 0.6 is 11.3 Å². The van der Waals surface area contributed by atoms with Crippen LogP contribution in [0.3, 0.4) is 0 Å². The molecule has 0 atom stereocenters. The number of rotatable bonds is 5. The molecule has 1 heterocycles. The normalized spacial score (nSPS) is 11.2. The summed E-state index contributed by atoms with van der Waals surface area (Å²) in [5.41, 5.74) is 0.755. The van der Waals surface area contributed by atoms with Crippen LogP contribution < -0.4 is 14.2 Å². The Bertz CT molecular complexity index is 710. The van der Waals surface area contributed by atoms with Gasteiger partial charge in [-0.15, -0.1) is 11.3 Å². The van der Waals surface area contributed by atoms with Gasteiger partial charge in [-0.25, -0.2) is 13.4 Å². The van der Waals surface area contributed by atoms with Crippen molar-refractivity contribution in [2.24, 2.45) is 0 Å². The Morgan fingerprint density at radius 3 is 2.55 bits per heavy atom. The van der Waals surface area contributed by atoms with Crippen LogP contribution in [0, 0.1) is 6.92 Å². The average molecular weight is 314 g/mol. The molecule has 0 saturated heterocycles. The van der Waals surface area contributed by atoms with E-state index in [1.54, 1.807) is 24.4 Å². The van der Waals surface area contributed by atoms with E-state index in [-0.39, 0.29) is 10.6 Å². The monoisotopic (exact) mass is 314 g/mol. The molecule has 8 heteroatoms. The van der Waals surface area contributed by atoms with Crippen molar-refractivity contribution in [1.82, 2.24) is 4.98 Å². The van der Waals surface area contributed by atoms with Gasteiger partial charge < -0.3 is 9.47 Å². The van der Waals surface area contributed by atoms with Gasteiger partial charge in [-0.05, 0) is 19.1 Å². The van der Waals surface area contributed by atoms with Gasteiger partial charge in [0.05, 0.1) is 19.9 Å². The van der Waals surface area contributed by atoms with Gasteiger partial charge >= 0.3 is 0 Å². The number of thiazole rings is 1. The second-order valence-corrected chi connectivity index (χ2v) is 6.43. The maximum absolute atomic E-state index is 12.4. The van der Waals surface area contributed by atoms with Gasteiger partial charge in [0.15, 0.2) is 5.13 Å². The Morgan fingerprint density at radius 1 is 1.25 bits per heavy atom. The van der Waals surface area contributed by atoms with E-state index in [2.05, 4.69) is 9.71 Å². The first-order valence-corrected chi connectivity index (χ1v) is 7.99. The fourth-order valence-electron chi connectivity index (χ4n) is 1.56. The van der Waals surface area contributed by atoms with E-state index in [0.717, 1.165) is 5.69 Å². The minimum Gasteiger partial charge on any atom is -0.497 e. The first kappa shape index (κ1) is 14.6. The Morgan fingerprint density at radius 2 is 2.00 bits per heavy atom. The van der Waals surface area contributed by atoms with Gasteiger partial charge in [-0.1, -0.05) is 0 Å². The first-order valence-electron chi connectivity index (χ1n) is 5.63. The molecule has 1 N–H and O–H groups in total. The van der Waals surface area contributed by atoms with E-state index in [1.807, 2.05) is 0 Å². The van der Waals surface area contributed by atoms with Crippen molar-refractivity contribution in [3.05, 3.63) is 29.3 Å². The van der Waals surface area contributed by atoms with Gasteiger partial charge in [0.2, 0.25) is 0 Å². The lowest BCUT2D eigenvalue weighted by molar-refractivity contribution is 0.392. The molecule has 0 fully saturated rings. The summed E-state index contributed by atoms with van der Waals surface area (Å²) >= 11 is 1.22. The number of anilines is 1. The van der Waals surface area contributed by atoms with Gasteiger partial charge in [0.1, 0.15) is 16.4 Å².